The van der Waals surface area contributed by atoms with Gasteiger partial charge in [-0.1, -0.05) is 54.0 Å². The lowest BCUT2D eigenvalue weighted by molar-refractivity contribution is -0.211. The Morgan fingerprint density at radius 1 is 0.976 bits per heavy atom. The van der Waals surface area contributed by atoms with Crippen LogP contribution in [0, 0.1) is 50.2 Å². The van der Waals surface area contributed by atoms with Crippen molar-refractivity contribution in [1.29, 1.82) is 0 Å². The minimum absolute atomic E-state index is 0.0503. The Hall–Kier alpha value is -1.73. The zero-order valence-electron chi connectivity index (χ0n) is 27.6. The number of allylic oxidation sites excluding steroid dienone is 2. The minimum atomic E-state index is -0.613. The van der Waals surface area contributed by atoms with Crippen LogP contribution >= 0.6 is 0 Å². The molecular formula is C35H55NO6. The predicted molar refractivity (Wildman–Crippen MR) is 161 cm³/mol. The second kappa shape index (κ2) is 10.2. The molecule has 1 unspecified atom stereocenters. The summed E-state index contributed by atoms with van der Waals surface area (Å²) in [6, 6.07) is 0. The lowest BCUT2D eigenvalue weighted by atomic mass is 9.33. The third-order valence-electron chi connectivity index (χ3n) is 14.1. The Morgan fingerprint density at radius 2 is 1.64 bits per heavy atom. The summed E-state index contributed by atoms with van der Waals surface area (Å²) in [7, 11) is 1.49. The summed E-state index contributed by atoms with van der Waals surface area (Å²) in [6.07, 6.45) is 10.2. The molecule has 7 heteroatoms. The minimum Gasteiger partial charge on any atom is -0.462 e. The Balaban J connectivity index is 1.54. The lowest BCUT2D eigenvalue weighted by Gasteiger charge is -2.70. The van der Waals surface area contributed by atoms with E-state index in [2.05, 4.69) is 48.5 Å². The molecule has 1 amide bonds. The highest BCUT2D eigenvalue weighted by atomic mass is 16.7. The summed E-state index contributed by atoms with van der Waals surface area (Å²) in [4.78, 5) is 45.7. The molecule has 0 aliphatic heterocycles. The van der Waals surface area contributed by atoms with Gasteiger partial charge < -0.3 is 9.84 Å². The van der Waals surface area contributed by atoms with Gasteiger partial charge in [0, 0.05) is 23.7 Å². The van der Waals surface area contributed by atoms with Crippen LogP contribution in [-0.4, -0.2) is 54.2 Å². The van der Waals surface area contributed by atoms with Crippen LogP contribution in [0.3, 0.4) is 0 Å². The van der Waals surface area contributed by atoms with E-state index in [1.807, 2.05) is 6.08 Å². The number of hydrogen-bond donors (Lipinski definition) is 1. The number of nitrogens with zero attached hydrogens (tertiary/aromatic N) is 1. The van der Waals surface area contributed by atoms with Crippen LogP contribution in [-0.2, 0) is 24.0 Å². The molecule has 4 saturated carbocycles. The molecule has 9 atom stereocenters. The highest BCUT2D eigenvalue weighted by molar-refractivity contribution is 5.95. The number of hydrogen-bond acceptors (Lipinski definition) is 6. The van der Waals surface area contributed by atoms with Crippen molar-refractivity contribution in [3.8, 4) is 0 Å². The van der Waals surface area contributed by atoms with Gasteiger partial charge in [0.25, 0.3) is 5.91 Å². The van der Waals surface area contributed by atoms with Gasteiger partial charge >= 0.3 is 5.97 Å². The fourth-order valence-electron chi connectivity index (χ4n) is 11.4. The molecule has 236 valence electrons. The number of carbonyl (C=O) groups excluding carboxylic acids is 3. The van der Waals surface area contributed by atoms with Gasteiger partial charge in [-0.05, 0) is 97.4 Å². The molecule has 7 nitrogen and oxygen atoms in total. The zero-order valence-corrected chi connectivity index (χ0v) is 27.6. The normalized spacial score (nSPS) is 45.9. The average molecular weight is 586 g/mol. The molecule has 5 rings (SSSR count). The molecule has 1 N–H and O–H groups in total. The molecule has 4 fully saturated rings. The monoisotopic (exact) mass is 585 g/mol. The van der Waals surface area contributed by atoms with Crippen LogP contribution in [0.2, 0.25) is 0 Å². The first-order valence-electron chi connectivity index (χ1n) is 16.3. The molecule has 0 heterocycles. The molecular weight excluding hydrogens is 530 g/mol. The highest BCUT2D eigenvalue weighted by Gasteiger charge is 2.70. The third kappa shape index (κ3) is 4.29. The first-order chi connectivity index (χ1) is 19.4. The van der Waals surface area contributed by atoms with Gasteiger partial charge in [0.15, 0.2) is 5.78 Å². The van der Waals surface area contributed by atoms with Gasteiger partial charge in [-0.15, -0.1) is 0 Å². The zero-order chi connectivity index (χ0) is 31.1. The molecule has 0 aromatic rings. The van der Waals surface area contributed by atoms with E-state index < -0.39 is 5.41 Å². The van der Waals surface area contributed by atoms with Crippen molar-refractivity contribution in [3.63, 3.8) is 0 Å². The number of rotatable bonds is 5. The van der Waals surface area contributed by atoms with Crippen LogP contribution in [0.1, 0.15) is 113 Å². The summed E-state index contributed by atoms with van der Waals surface area (Å²) < 4.78 is 5.85. The SMILES string of the molecule is CON(CCO)C(=O)[C@@]1(C)CC[C@]2(C)CC[C@]3(C)C(=CC(=O)[C@@H]4[C@@]5(C)CC[C@H](OC(C)=O)C(C)(C)C5CC[C@]43C)[C@@H]2C1. The van der Waals surface area contributed by atoms with Crippen LogP contribution in [0.4, 0.5) is 0 Å². The maximum absolute atomic E-state index is 14.6. The van der Waals surface area contributed by atoms with Crippen LogP contribution in [0.5, 0.6) is 0 Å². The van der Waals surface area contributed by atoms with Crippen molar-refractivity contribution in [3.05, 3.63) is 11.6 Å². The van der Waals surface area contributed by atoms with E-state index in [-0.39, 0.29) is 75.8 Å². The average Bonchev–Trinajstić information content (AvgIpc) is 2.90. The standard InChI is InChI=1S/C35H55NO6/c1-22(38)42-27-11-12-33(6)26(30(27,2)3)10-13-35(8)28(33)25(39)20-23-24-21-32(5,29(40)36(41-9)18-19-37)15-14-31(24,4)16-17-34(23,35)7/h20,24,26-28,37H,10-19,21H2,1-9H3/t24-,26?,27-,28+,31+,32-,33-,34+,35+/m0/s1. The van der Waals surface area contributed by atoms with Gasteiger partial charge in [-0.2, -0.15) is 0 Å². The van der Waals surface area contributed by atoms with E-state index in [1.165, 1.54) is 24.7 Å². The smallest absolute Gasteiger partial charge is 0.302 e. The molecule has 0 bridgehead atoms. The molecule has 5 aliphatic carbocycles. The number of carbonyl (C=O) groups is 3. The van der Waals surface area contributed by atoms with Crippen molar-refractivity contribution in [2.24, 2.45) is 50.2 Å². The largest absolute Gasteiger partial charge is 0.462 e. The van der Waals surface area contributed by atoms with Crippen molar-refractivity contribution in [2.45, 2.75) is 119 Å². The predicted octanol–water partition coefficient (Wildman–Crippen LogP) is 6.28. The van der Waals surface area contributed by atoms with Gasteiger partial charge in [-0.25, -0.2) is 5.06 Å². The fourth-order valence-corrected chi connectivity index (χ4v) is 11.4. The number of aliphatic hydroxyl groups is 1. The fraction of sp³-hybridized carbons (Fsp3) is 0.857. The summed E-state index contributed by atoms with van der Waals surface area (Å²) in [6.45, 7) is 17.6. The van der Waals surface area contributed by atoms with Gasteiger partial charge in [-0.3, -0.25) is 19.2 Å². The van der Waals surface area contributed by atoms with Crippen molar-refractivity contribution in [1.82, 2.24) is 5.06 Å². The Morgan fingerprint density at radius 3 is 2.26 bits per heavy atom. The van der Waals surface area contributed by atoms with Gasteiger partial charge in [0.05, 0.1) is 20.3 Å². The molecule has 0 spiro atoms. The number of fused-ring (bicyclic) bond motifs is 7. The van der Waals surface area contributed by atoms with Crippen LogP contribution < -0.4 is 0 Å². The molecule has 0 radical (unpaired) electrons. The first kappa shape index (κ1) is 31.7. The maximum atomic E-state index is 14.6. The number of ketones is 1. The summed E-state index contributed by atoms with van der Waals surface area (Å²) in [5.41, 5.74) is 0.0266. The van der Waals surface area contributed by atoms with Gasteiger partial charge in [0.2, 0.25) is 0 Å². The first-order valence-corrected chi connectivity index (χ1v) is 16.3. The van der Waals surface area contributed by atoms with E-state index in [0.29, 0.717) is 12.3 Å². The number of ether oxygens (including phenoxy) is 1. The second-order valence-corrected chi connectivity index (χ2v) is 16.5. The van der Waals surface area contributed by atoms with E-state index in [1.54, 1.807) is 0 Å². The topological polar surface area (TPSA) is 93.1 Å². The van der Waals surface area contributed by atoms with Crippen LogP contribution in [0.15, 0.2) is 11.6 Å². The van der Waals surface area contributed by atoms with E-state index in [0.717, 1.165) is 51.4 Å². The number of hydroxylamine groups is 2. The van der Waals surface area contributed by atoms with E-state index >= 15 is 0 Å². The highest BCUT2D eigenvalue weighted by Crippen LogP contribution is 2.75. The maximum Gasteiger partial charge on any atom is 0.302 e. The van der Waals surface area contributed by atoms with E-state index in [9.17, 15) is 19.5 Å². The Bertz CT molecular complexity index is 1180. The van der Waals surface area contributed by atoms with Crippen LogP contribution in [0.25, 0.3) is 0 Å². The number of aliphatic hydroxyl groups excluding tert-OH is 1. The van der Waals surface area contributed by atoms with Crippen molar-refractivity contribution in [2.75, 3.05) is 20.3 Å². The quantitative estimate of drug-likeness (QED) is 0.302. The van der Waals surface area contributed by atoms with E-state index in [4.69, 9.17) is 9.57 Å². The number of amides is 1. The van der Waals surface area contributed by atoms with Gasteiger partial charge in [0.1, 0.15) is 6.10 Å². The number of esters is 1. The summed E-state index contributed by atoms with van der Waals surface area (Å²) in [5.74, 6) is 0.333. The summed E-state index contributed by atoms with van der Waals surface area (Å²) >= 11 is 0. The molecule has 0 aromatic heterocycles. The molecule has 5 aliphatic rings. The molecule has 0 saturated heterocycles. The third-order valence-corrected chi connectivity index (χ3v) is 14.1. The summed E-state index contributed by atoms with van der Waals surface area (Å²) in [5, 5.41) is 10.8. The Kier molecular flexibility index (Phi) is 7.66. The van der Waals surface area contributed by atoms with Crippen molar-refractivity contribution >= 4 is 17.7 Å². The lowest BCUT2D eigenvalue weighted by Crippen LogP contribution is -2.66. The van der Waals surface area contributed by atoms with Crippen molar-refractivity contribution < 1.29 is 29.1 Å². The Labute approximate surface area is 253 Å². The second-order valence-electron chi connectivity index (χ2n) is 16.5. The molecule has 0 aromatic carbocycles. The molecule has 42 heavy (non-hydrogen) atoms.